The van der Waals surface area contributed by atoms with E-state index >= 15 is 0 Å². The molecule has 0 saturated heterocycles. The quantitative estimate of drug-likeness (QED) is 0.102. The molecule has 0 aliphatic carbocycles. The van der Waals surface area contributed by atoms with Crippen molar-refractivity contribution in [1.82, 2.24) is 0 Å². The van der Waals surface area contributed by atoms with Gasteiger partial charge in [-0.2, -0.15) is 0 Å². The summed E-state index contributed by atoms with van der Waals surface area (Å²) in [5.74, 6) is 13.5. The van der Waals surface area contributed by atoms with Crippen molar-refractivity contribution in [2.45, 2.75) is 137 Å². The highest BCUT2D eigenvalue weighted by molar-refractivity contribution is 5.83. The number of aryl methyl sites for hydroxylation is 2. The Labute approximate surface area is 263 Å². The molecule has 1 aliphatic heterocycles. The van der Waals surface area contributed by atoms with Crippen LogP contribution in [0, 0.1) is 23.7 Å². The normalized spacial score (nSPS) is 12.8. The van der Waals surface area contributed by atoms with Gasteiger partial charge in [0.15, 0.2) is 0 Å². The van der Waals surface area contributed by atoms with Crippen molar-refractivity contribution in [3.8, 4) is 23.7 Å². The molecule has 0 radical (unpaired) electrons. The first kappa shape index (κ1) is 34.1. The number of benzene rings is 2. The van der Waals surface area contributed by atoms with Crippen molar-refractivity contribution < 1.29 is 4.70 Å². The van der Waals surface area contributed by atoms with Crippen LogP contribution in [0.25, 0.3) is 16.9 Å². The second kappa shape index (κ2) is 19.8. The summed E-state index contributed by atoms with van der Waals surface area (Å²) in [6, 6.07) is 17.3. The van der Waals surface area contributed by atoms with Gasteiger partial charge in [-0.25, -0.2) is 4.70 Å². The van der Waals surface area contributed by atoms with E-state index < -0.39 is 0 Å². The minimum Gasteiger partial charge on any atom is -0.493 e. The molecule has 1 aliphatic rings. The predicted octanol–water partition coefficient (Wildman–Crippen LogP) is 11.9. The van der Waals surface area contributed by atoms with Crippen LogP contribution in [0.2, 0.25) is 0 Å². The first-order chi connectivity index (χ1) is 21.2. The average molecular weight is 575 g/mol. The lowest BCUT2D eigenvalue weighted by molar-refractivity contribution is -0.345. The zero-order valence-electron chi connectivity index (χ0n) is 27.5. The van der Waals surface area contributed by atoms with E-state index in [9.17, 15) is 5.53 Å². The minimum atomic E-state index is 0.843. The second-order valence-electron chi connectivity index (χ2n) is 11.8. The molecular formula is C41H54N2. The molecule has 0 N–H and O–H groups in total. The molecule has 0 saturated carbocycles. The molecule has 3 rings (SSSR count). The van der Waals surface area contributed by atoms with Crippen LogP contribution in [-0.4, -0.2) is 4.70 Å². The summed E-state index contributed by atoms with van der Waals surface area (Å²) in [6.45, 7) is 8.95. The Morgan fingerprint density at radius 3 is 1.37 bits per heavy atom. The Morgan fingerprint density at radius 2 is 0.907 bits per heavy atom. The lowest BCUT2D eigenvalue weighted by Crippen LogP contribution is -2.06. The van der Waals surface area contributed by atoms with Crippen LogP contribution in [-0.2, 0) is 12.8 Å². The zero-order valence-corrected chi connectivity index (χ0v) is 27.5. The highest BCUT2D eigenvalue weighted by Crippen LogP contribution is 2.46. The van der Waals surface area contributed by atoms with Gasteiger partial charge in [-0.05, 0) is 74.6 Å². The molecule has 1 heterocycles. The molecule has 0 unspecified atom stereocenters. The summed E-state index contributed by atoms with van der Waals surface area (Å²) in [5.41, 5.74) is 21.6. The molecule has 0 aromatic heterocycles. The van der Waals surface area contributed by atoms with E-state index in [4.69, 9.17) is 0 Å². The second-order valence-corrected chi connectivity index (χ2v) is 11.8. The van der Waals surface area contributed by atoms with Crippen molar-refractivity contribution in [2.24, 2.45) is 0 Å². The van der Waals surface area contributed by atoms with Crippen LogP contribution in [0.15, 0.2) is 59.7 Å². The lowest BCUT2D eigenvalue weighted by atomic mass is 9.89. The van der Waals surface area contributed by atoms with Crippen molar-refractivity contribution in [3.05, 3.63) is 87.5 Å². The van der Waals surface area contributed by atoms with E-state index in [-0.39, 0.29) is 0 Å². The third kappa shape index (κ3) is 10.1. The van der Waals surface area contributed by atoms with Gasteiger partial charge in [-0.3, -0.25) is 0 Å². The van der Waals surface area contributed by atoms with Crippen molar-refractivity contribution in [3.63, 3.8) is 0 Å². The van der Waals surface area contributed by atoms with E-state index in [1.54, 1.807) is 4.70 Å². The van der Waals surface area contributed by atoms with Crippen molar-refractivity contribution in [1.29, 1.82) is 0 Å². The third-order valence-corrected chi connectivity index (χ3v) is 8.31. The molecule has 2 heteroatoms. The molecule has 43 heavy (non-hydrogen) atoms. The number of hydrogen-bond acceptors (Lipinski definition) is 0. The molecular weight excluding hydrogens is 520 g/mol. The summed E-state index contributed by atoms with van der Waals surface area (Å²) in [7, 11) is 0. The van der Waals surface area contributed by atoms with E-state index in [1.165, 1.54) is 60.8 Å². The Kier molecular flexibility index (Phi) is 15.7. The summed E-state index contributed by atoms with van der Waals surface area (Å²) in [6.07, 6.45) is 17.8. The van der Waals surface area contributed by atoms with Crippen molar-refractivity contribution >= 4 is 11.4 Å². The topological polar surface area (TPSA) is 25.3 Å². The number of hydrogen-bond donors (Lipinski definition) is 0. The lowest BCUT2D eigenvalue weighted by Gasteiger charge is -2.14. The number of allylic oxidation sites excluding steroid dienone is 2. The zero-order chi connectivity index (χ0) is 30.7. The standard InChI is InChI=1S/C41H54N2/c1-5-9-13-15-17-20-26-34-28-22-24-31-36(34)40-38(30-12-8-4)39(33-19-11-7-3)41(43(40)42)37-32-25-23-29-35(37)27-21-18-16-14-10-6-2/h22-25,28-29,31-32H,5-14,19-21,26-27,30,33H2,1-4H3. The Balaban J connectivity index is 2.05. The van der Waals surface area contributed by atoms with Gasteiger partial charge in [-0.1, -0.05) is 96.2 Å². The van der Waals surface area contributed by atoms with Gasteiger partial charge in [-0.15, -0.1) is 23.7 Å². The third-order valence-electron chi connectivity index (χ3n) is 8.31. The average Bonchev–Trinajstić information content (AvgIpc) is 3.30. The molecule has 0 bridgehead atoms. The monoisotopic (exact) mass is 574 g/mol. The maximum atomic E-state index is 12.2. The van der Waals surface area contributed by atoms with Crippen LogP contribution < -0.4 is 0 Å². The Morgan fingerprint density at radius 1 is 0.488 bits per heavy atom. The van der Waals surface area contributed by atoms with Gasteiger partial charge < -0.3 is 5.53 Å². The number of nitrogens with zero attached hydrogens (tertiary/aromatic N) is 2. The van der Waals surface area contributed by atoms with Gasteiger partial charge in [0, 0.05) is 48.0 Å². The van der Waals surface area contributed by atoms with E-state index in [1.807, 2.05) is 0 Å². The molecule has 2 aromatic rings. The first-order valence-electron chi connectivity index (χ1n) is 17.2. The van der Waals surface area contributed by atoms with Gasteiger partial charge in [0.2, 0.25) is 11.4 Å². The van der Waals surface area contributed by atoms with Crippen LogP contribution in [0.5, 0.6) is 0 Å². The maximum Gasteiger partial charge on any atom is 0.211 e. The fourth-order valence-corrected chi connectivity index (χ4v) is 5.87. The Bertz CT molecular complexity index is 1370. The summed E-state index contributed by atoms with van der Waals surface area (Å²) < 4.78 is 1.56. The molecule has 0 amide bonds. The highest BCUT2D eigenvalue weighted by Gasteiger charge is 2.36. The van der Waals surface area contributed by atoms with Gasteiger partial charge in [0.25, 0.3) is 0 Å². The molecule has 2 nitrogen and oxygen atoms in total. The smallest absolute Gasteiger partial charge is 0.211 e. The molecule has 0 fully saturated rings. The number of rotatable bonds is 17. The minimum absolute atomic E-state index is 0.843. The molecule has 228 valence electrons. The van der Waals surface area contributed by atoms with E-state index in [0.29, 0.717) is 0 Å². The van der Waals surface area contributed by atoms with Crippen LogP contribution >= 0.6 is 0 Å². The maximum absolute atomic E-state index is 12.2. The fourth-order valence-electron chi connectivity index (χ4n) is 5.87. The summed E-state index contributed by atoms with van der Waals surface area (Å²) >= 11 is 0. The summed E-state index contributed by atoms with van der Waals surface area (Å²) in [5, 5.41) is 0. The van der Waals surface area contributed by atoms with Crippen molar-refractivity contribution in [2.75, 3.05) is 0 Å². The molecule has 0 spiro atoms. The molecule has 0 atom stereocenters. The molecule has 2 aromatic carbocycles. The van der Waals surface area contributed by atoms with Gasteiger partial charge >= 0.3 is 0 Å². The SMILES string of the molecule is CCCCC#CCCc1ccccc1C1=C(CCCC)C(CCCCC)=C(c2ccccc2CCC#CCCCC)[N+]1=[N-]. The van der Waals surface area contributed by atoms with Crippen LogP contribution in [0.4, 0.5) is 0 Å². The largest absolute Gasteiger partial charge is 0.493 e. The van der Waals surface area contributed by atoms with Gasteiger partial charge in [0.1, 0.15) is 0 Å². The summed E-state index contributed by atoms with van der Waals surface area (Å²) in [4.78, 5) is 0. The van der Waals surface area contributed by atoms with E-state index in [2.05, 4.69) is 99.9 Å². The van der Waals surface area contributed by atoms with Crippen LogP contribution in [0.3, 0.4) is 0 Å². The van der Waals surface area contributed by atoms with Crippen LogP contribution in [0.1, 0.15) is 146 Å². The predicted molar refractivity (Wildman–Crippen MR) is 185 cm³/mol. The van der Waals surface area contributed by atoms with Gasteiger partial charge in [0.05, 0.1) is 0 Å². The first-order valence-corrected chi connectivity index (χ1v) is 17.2. The fraction of sp³-hybridized carbons (Fsp3) is 0.512. The van der Waals surface area contributed by atoms with E-state index in [0.717, 1.165) is 93.2 Å². The highest BCUT2D eigenvalue weighted by atomic mass is 15.2. The number of unbranched alkanes of at least 4 members (excludes halogenated alkanes) is 7. The Hall–Kier alpha value is -3.36.